The minimum Gasteiger partial charge on any atom is -0.419 e. The van der Waals surface area contributed by atoms with Gasteiger partial charge >= 0.3 is 0 Å². The van der Waals surface area contributed by atoms with E-state index in [1.165, 1.54) is 0 Å². The van der Waals surface area contributed by atoms with Crippen LogP contribution in [0.25, 0.3) is 11.6 Å². The monoisotopic (exact) mass is 305 g/mol. The predicted octanol–water partition coefficient (Wildman–Crippen LogP) is 0.570. The molecule has 0 atom stereocenters. The molecule has 2 aromatic heterocycles. The Labute approximate surface area is 128 Å². The highest BCUT2D eigenvalue weighted by molar-refractivity contribution is 5.76. The quantitative estimate of drug-likeness (QED) is 0.821. The first kappa shape index (κ1) is 14.7. The van der Waals surface area contributed by atoms with Gasteiger partial charge < -0.3 is 14.1 Å². The number of morpholine rings is 1. The van der Waals surface area contributed by atoms with Crippen molar-refractivity contribution in [2.75, 3.05) is 26.3 Å². The van der Waals surface area contributed by atoms with Gasteiger partial charge in [0.15, 0.2) is 0 Å². The average Bonchev–Trinajstić information content (AvgIpc) is 3.12. The van der Waals surface area contributed by atoms with Gasteiger partial charge in [0.25, 0.3) is 5.89 Å². The van der Waals surface area contributed by atoms with Crippen LogP contribution in [0, 0.1) is 6.92 Å². The van der Waals surface area contributed by atoms with Gasteiger partial charge in [0.1, 0.15) is 5.69 Å². The number of carbonyl (C=O) groups excluding carboxylic acids is 1. The third kappa shape index (κ3) is 3.16. The summed E-state index contributed by atoms with van der Waals surface area (Å²) in [6.07, 6.45) is 0.812. The molecular formula is C14H19N5O3. The van der Waals surface area contributed by atoms with Crippen molar-refractivity contribution in [3.63, 3.8) is 0 Å². The zero-order valence-electron chi connectivity index (χ0n) is 12.8. The van der Waals surface area contributed by atoms with E-state index < -0.39 is 0 Å². The molecule has 2 aromatic rings. The zero-order valence-corrected chi connectivity index (χ0v) is 12.8. The van der Waals surface area contributed by atoms with Gasteiger partial charge in [0, 0.05) is 33.0 Å². The van der Waals surface area contributed by atoms with Gasteiger partial charge in [-0.1, -0.05) is 0 Å². The Balaban J connectivity index is 1.60. The third-order valence-electron chi connectivity index (χ3n) is 3.60. The molecule has 0 radical (unpaired) electrons. The molecule has 1 aliphatic heterocycles. The number of aromatic nitrogens is 4. The van der Waals surface area contributed by atoms with Crippen LogP contribution in [-0.2, 0) is 23.0 Å². The fourth-order valence-electron chi connectivity index (χ4n) is 2.45. The van der Waals surface area contributed by atoms with Gasteiger partial charge in [0.05, 0.1) is 18.9 Å². The molecule has 8 nitrogen and oxygen atoms in total. The van der Waals surface area contributed by atoms with Crippen molar-refractivity contribution in [3.05, 3.63) is 17.7 Å². The molecule has 0 saturated carbocycles. The second-order valence-electron chi connectivity index (χ2n) is 5.29. The first-order valence-corrected chi connectivity index (χ1v) is 7.32. The highest BCUT2D eigenvalue weighted by atomic mass is 16.5. The van der Waals surface area contributed by atoms with Crippen molar-refractivity contribution >= 4 is 5.91 Å². The van der Waals surface area contributed by atoms with E-state index in [0.29, 0.717) is 50.9 Å². The lowest BCUT2D eigenvalue weighted by molar-refractivity contribution is -0.135. The van der Waals surface area contributed by atoms with Crippen LogP contribution in [0.1, 0.15) is 18.0 Å². The van der Waals surface area contributed by atoms with E-state index in [1.807, 2.05) is 24.9 Å². The van der Waals surface area contributed by atoms with E-state index in [0.717, 1.165) is 11.4 Å². The topological polar surface area (TPSA) is 86.3 Å². The van der Waals surface area contributed by atoms with Crippen LogP contribution in [0.5, 0.6) is 0 Å². The number of amides is 1. The lowest BCUT2D eigenvalue weighted by Crippen LogP contribution is -2.40. The maximum atomic E-state index is 12.1. The molecule has 0 aliphatic carbocycles. The number of nitrogens with zero attached hydrogens (tertiary/aromatic N) is 5. The second-order valence-corrected chi connectivity index (χ2v) is 5.29. The first-order valence-electron chi connectivity index (χ1n) is 7.32. The second kappa shape index (κ2) is 6.27. The summed E-state index contributed by atoms with van der Waals surface area (Å²) >= 11 is 0. The molecule has 22 heavy (non-hydrogen) atoms. The largest absolute Gasteiger partial charge is 0.419 e. The number of hydrogen-bond donors (Lipinski definition) is 0. The van der Waals surface area contributed by atoms with Crippen LogP contribution in [0.3, 0.4) is 0 Å². The molecular weight excluding hydrogens is 286 g/mol. The Morgan fingerprint density at radius 1 is 1.32 bits per heavy atom. The van der Waals surface area contributed by atoms with E-state index in [2.05, 4.69) is 15.3 Å². The van der Waals surface area contributed by atoms with Crippen LogP contribution < -0.4 is 0 Å². The molecule has 0 N–H and O–H groups in total. The molecule has 1 saturated heterocycles. The molecule has 0 unspecified atom stereocenters. The Morgan fingerprint density at radius 2 is 2.09 bits per heavy atom. The predicted molar refractivity (Wildman–Crippen MR) is 77.0 cm³/mol. The molecule has 1 fully saturated rings. The van der Waals surface area contributed by atoms with Crippen LogP contribution >= 0.6 is 0 Å². The van der Waals surface area contributed by atoms with Crippen LogP contribution in [-0.4, -0.2) is 57.1 Å². The Kier molecular flexibility index (Phi) is 4.19. The third-order valence-corrected chi connectivity index (χ3v) is 3.60. The molecule has 0 spiro atoms. The summed E-state index contributed by atoms with van der Waals surface area (Å²) in [5.41, 5.74) is 1.66. The molecule has 3 heterocycles. The van der Waals surface area contributed by atoms with E-state index in [9.17, 15) is 4.79 Å². The summed E-state index contributed by atoms with van der Waals surface area (Å²) in [5.74, 6) is 0.992. The SMILES string of the molecule is Cc1cc(-c2nnc(CCC(=O)N3CCOCC3)o2)n(C)n1. The number of carbonyl (C=O) groups is 1. The van der Waals surface area contributed by atoms with Gasteiger partial charge in [0.2, 0.25) is 11.8 Å². The lowest BCUT2D eigenvalue weighted by atomic mass is 10.2. The summed E-state index contributed by atoms with van der Waals surface area (Å²) in [6.45, 7) is 4.43. The molecule has 0 aromatic carbocycles. The molecule has 118 valence electrons. The summed E-state index contributed by atoms with van der Waals surface area (Å²) in [4.78, 5) is 13.9. The fourth-order valence-corrected chi connectivity index (χ4v) is 2.45. The van der Waals surface area contributed by atoms with Crippen molar-refractivity contribution in [1.29, 1.82) is 0 Å². The molecule has 1 amide bonds. The summed E-state index contributed by atoms with van der Waals surface area (Å²) in [6, 6.07) is 1.89. The van der Waals surface area contributed by atoms with Crippen LogP contribution in [0.15, 0.2) is 10.5 Å². The van der Waals surface area contributed by atoms with Gasteiger partial charge in [-0.15, -0.1) is 10.2 Å². The smallest absolute Gasteiger partial charge is 0.265 e. The number of rotatable bonds is 4. The number of ether oxygens (including phenoxy) is 1. The Bertz CT molecular complexity index is 657. The Hall–Kier alpha value is -2.22. The van der Waals surface area contributed by atoms with Crippen molar-refractivity contribution < 1.29 is 13.9 Å². The van der Waals surface area contributed by atoms with Crippen molar-refractivity contribution in [1.82, 2.24) is 24.9 Å². The van der Waals surface area contributed by atoms with Crippen molar-refractivity contribution in [3.8, 4) is 11.6 Å². The molecule has 8 heteroatoms. The highest BCUT2D eigenvalue weighted by Gasteiger charge is 2.18. The minimum absolute atomic E-state index is 0.0967. The summed E-state index contributed by atoms with van der Waals surface area (Å²) < 4.78 is 12.6. The van der Waals surface area contributed by atoms with E-state index in [-0.39, 0.29) is 5.91 Å². The number of aryl methyl sites for hydroxylation is 3. The average molecular weight is 305 g/mol. The van der Waals surface area contributed by atoms with Crippen LogP contribution in [0.2, 0.25) is 0 Å². The van der Waals surface area contributed by atoms with Crippen molar-refractivity contribution in [2.45, 2.75) is 19.8 Å². The fraction of sp³-hybridized carbons (Fsp3) is 0.571. The van der Waals surface area contributed by atoms with E-state index >= 15 is 0 Å². The van der Waals surface area contributed by atoms with Gasteiger partial charge in [-0.25, -0.2) is 0 Å². The van der Waals surface area contributed by atoms with E-state index in [1.54, 1.807) is 4.68 Å². The van der Waals surface area contributed by atoms with Gasteiger partial charge in [-0.3, -0.25) is 9.48 Å². The number of hydrogen-bond acceptors (Lipinski definition) is 6. The summed E-state index contributed by atoms with van der Waals surface area (Å²) in [7, 11) is 1.83. The molecule has 0 bridgehead atoms. The zero-order chi connectivity index (χ0) is 15.5. The van der Waals surface area contributed by atoms with E-state index in [4.69, 9.17) is 9.15 Å². The molecule has 1 aliphatic rings. The highest BCUT2D eigenvalue weighted by Crippen LogP contribution is 2.18. The normalized spacial score (nSPS) is 15.3. The first-order chi connectivity index (χ1) is 10.6. The molecule has 3 rings (SSSR count). The maximum Gasteiger partial charge on any atom is 0.265 e. The summed E-state index contributed by atoms with van der Waals surface area (Å²) in [5, 5.41) is 12.3. The van der Waals surface area contributed by atoms with Crippen molar-refractivity contribution in [2.24, 2.45) is 7.05 Å². The van der Waals surface area contributed by atoms with Crippen LogP contribution in [0.4, 0.5) is 0 Å². The lowest BCUT2D eigenvalue weighted by Gasteiger charge is -2.26. The van der Waals surface area contributed by atoms with Gasteiger partial charge in [-0.2, -0.15) is 5.10 Å². The maximum absolute atomic E-state index is 12.1. The minimum atomic E-state index is 0.0967. The van der Waals surface area contributed by atoms with Gasteiger partial charge in [-0.05, 0) is 13.0 Å². The Morgan fingerprint density at radius 3 is 2.77 bits per heavy atom. The standard InChI is InChI=1S/C14H19N5O3/c1-10-9-11(18(2)17-10)14-16-15-12(22-14)3-4-13(20)19-5-7-21-8-6-19/h9H,3-8H2,1-2H3.